The van der Waals surface area contributed by atoms with Crippen LogP contribution in [0.3, 0.4) is 0 Å². The zero-order valence-electron chi connectivity index (χ0n) is 20.6. The highest BCUT2D eigenvalue weighted by atomic mass is 32.2. The molecule has 1 atom stereocenters. The van der Waals surface area contributed by atoms with Crippen LogP contribution < -0.4 is 15.2 Å². The Kier molecular flexibility index (Phi) is 7.47. The van der Waals surface area contributed by atoms with Gasteiger partial charge >= 0.3 is 0 Å². The number of ether oxygens (including phenoxy) is 2. The fourth-order valence-electron chi connectivity index (χ4n) is 4.44. The minimum Gasteiger partial charge on any atom is -0.496 e. The van der Waals surface area contributed by atoms with Crippen molar-refractivity contribution in [3.63, 3.8) is 0 Å². The van der Waals surface area contributed by atoms with Crippen molar-refractivity contribution in [2.45, 2.75) is 11.3 Å². The first-order valence-corrected chi connectivity index (χ1v) is 13.4. The molecule has 0 radical (unpaired) electrons. The molecule has 5 rings (SSSR count). The van der Waals surface area contributed by atoms with Crippen LogP contribution in [0.15, 0.2) is 108 Å². The van der Waals surface area contributed by atoms with Crippen LogP contribution in [0.25, 0.3) is 22.2 Å². The number of rotatable bonds is 9. The fraction of sp³-hybridized carbons (Fsp3) is 0.129. The maximum atomic E-state index is 12.5. The van der Waals surface area contributed by atoms with Crippen LogP contribution in [0.5, 0.6) is 11.5 Å². The van der Waals surface area contributed by atoms with E-state index in [-0.39, 0.29) is 0 Å². The van der Waals surface area contributed by atoms with Crippen molar-refractivity contribution in [1.82, 2.24) is 4.98 Å². The van der Waals surface area contributed by atoms with Gasteiger partial charge in [-0.15, -0.1) is 0 Å². The molecular formula is C31H28N2O3S. The Balaban J connectivity index is 1.40. The monoisotopic (exact) mass is 508 g/mol. The minimum absolute atomic E-state index is 0.344. The lowest BCUT2D eigenvalue weighted by Gasteiger charge is -2.15. The van der Waals surface area contributed by atoms with E-state index in [1.807, 2.05) is 91.0 Å². The Morgan fingerprint density at radius 2 is 1.51 bits per heavy atom. The topological polar surface area (TPSA) is 74.4 Å². The number of nitrogens with zero attached hydrogens (tertiary/aromatic N) is 1. The van der Waals surface area contributed by atoms with Gasteiger partial charge in [0.1, 0.15) is 18.1 Å². The zero-order chi connectivity index (χ0) is 25.6. The summed E-state index contributed by atoms with van der Waals surface area (Å²) in [6.07, 6.45) is 0.672. The molecule has 186 valence electrons. The van der Waals surface area contributed by atoms with E-state index in [2.05, 4.69) is 12.1 Å². The van der Waals surface area contributed by atoms with Gasteiger partial charge in [0.15, 0.2) is 0 Å². The number of hydrogen-bond donors (Lipinski definition) is 1. The first kappa shape index (κ1) is 24.5. The van der Waals surface area contributed by atoms with Crippen molar-refractivity contribution in [2.75, 3.05) is 25.2 Å². The van der Waals surface area contributed by atoms with Gasteiger partial charge in [-0.2, -0.15) is 0 Å². The Bertz CT molecular complexity index is 1550. The van der Waals surface area contributed by atoms with Gasteiger partial charge in [0.25, 0.3) is 0 Å². The summed E-state index contributed by atoms with van der Waals surface area (Å²) in [6.45, 7) is 0.344. The van der Waals surface area contributed by atoms with Crippen molar-refractivity contribution in [3.05, 3.63) is 114 Å². The number of benzene rings is 4. The van der Waals surface area contributed by atoms with Gasteiger partial charge in [-0.25, -0.2) is 4.98 Å². The molecular weight excluding hydrogens is 480 g/mol. The van der Waals surface area contributed by atoms with Gasteiger partial charge < -0.3 is 15.2 Å². The summed E-state index contributed by atoms with van der Waals surface area (Å²) in [4.78, 5) is 5.76. The molecule has 0 aliphatic heterocycles. The lowest BCUT2D eigenvalue weighted by molar-refractivity contribution is 0.346. The van der Waals surface area contributed by atoms with Crippen LogP contribution in [0.1, 0.15) is 11.1 Å². The van der Waals surface area contributed by atoms with Gasteiger partial charge in [-0.3, -0.25) is 4.21 Å². The van der Waals surface area contributed by atoms with Crippen LogP contribution in [0.4, 0.5) is 5.69 Å². The van der Waals surface area contributed by atoms with Crippen LogP contribution in [-0.2, 0) is 17.2 Å². The molecule has 0 bridgehead atoms. The molecule has 4 aromatic carbocycles. The van der Waals surface area contributed by atoms with Gasteiger partial charge in [-0.1, -0.05) is 54.6 Å². The first-order chi connectivity index (χ1) is 18.1. The van der Waals surface area contributed by atoms with Gasteiger partial charge in [-0.05, 0) is 59.7 Å². The van der Waals surface area contributed by atoms with Crippen LogP contribution in [0, 0.1) is 0 Å². The molecule has 0 aliphatic carbocycles. The number of anilines is 1. The third kappa shape index (κ3) is 5.49. The largest absolute Gasteiger partial charge is 0.496 e. The van der Waals surface area contributed by atoms with E-state index < -0.39 is 10.8 Å². The predicted molar refractivity (Wildman–Crippen MR) is 151 cm³/mol. The lowest BCUT2D eigenvalue weighted by Crippen LogP contribution is -2.09. The normalized spacial score (nSPS) is 11.8. The molecule has 37 heavy (non-hydrogen) atoms. The van der Waals surface area contributed by atoms with Crippen LogP contribution in [0.2, 0.25) is 0 Å². The van der Waals surface area contributed by atoms with Crippen LogP contribution in [-0.4, -0.2) is 28.7 Å². The van der Waals surface area contributed by atoms with E-state index in [9.17, 15) is 4.21 Å². The molecule has 1 aromatic heterocycles. The highest BCUT2D eigenvalue weighted by Gasteiger charge is 2.14. The van der Waals surface area contributed by atoms with Crippen molar-refractivity contribution >= 4 is 27.4 Å². The summed E-state index contributed by atoms with van der Waals surface area (Å²) in [5, 5.41) is 0.900. The average molecular weight is 509 g/mol. The Morgan fingerprint density at radius 1 is 0.784 bits per heavy atom. The molecule has 0 saturated carbocycles. The molecule has 1 unspecified atom stereocenters. The summed E-state index contributed by atoms with van der Waals surface area (Å²) in [5.41, 5.74) is 11.8. The number of fused-ring (bicyclic) bond motifs is 1. The van der Waals surface area contributed by atoms with Crippen molar-refractivity contribution in [2.24, 2.45) is 0 Å². The Morgan fingerprint density at radius 3 is 2.35 bits per heavy atom. The van der Waals surface area contributed by atoms with E-state index in [0.29, 0.717) is 24.5 Å². The summed E-state index contributed by atoms with van der Waals surface area (Å²) in [6, 6.07) is 33.2. The second-order valence-electron chi connectivity index (χ2n) is 8.60. The molecule has 5 aromatic rings. The highest BCUT2D eigenvalue weighted by Crippen LogP contribution is 2.34. The Labute approximate surface area is 219 Å². The summed E-state index contributed by atoms with van der Waals surface area (Å²) in [5.74, 6) is 1.98. The first-order valence-electron chi connectivity index (χ1n) is 12.1. The molecule has 0 amide bonds. The smallest absolute Gasteiger partial charge is 0.128 e. The quantitative estimate of drug-likeness (QED) is 0.238. The highest BCUT2D eigenvalue weighted by molar-refractivity contribution is 7.85. The van der Waals surface area contributed by atoms with Crippen molar-refractivity contribution in [3.8, 4) is 22.8 Å². The Hall–Kier alpha value is -4.16. The second-order valence-corrected chi connectivity index (χ2v) is 10.2. The summed E-state index contributed by atoms with van der Waals surface area (Å²) in [7, 11) is 0.576. The molecule has 0 fully saturated rings. The minimum atomic E-state index is -1.11. The molecule has 5 nitrogen and oxygen atoms in total. The van der Waals surface area contributed by atoms with Gasteiger partial charge in [0.2, 0.25) is 0 Å². The zero-order valence-corrected chi connectivity index (χ0v) is 21.4. The van der Waals surface area contributed by atoms with Gasteiger partial charge in [0, 0.05) is 28.0 Å². The van der Waals surface area contributed by atoms with E-state index in [1.54, 1.807) is 7.11 Å². The number of pyridine rings is 1. The fourth-order valence-corrected chi connectivity index (χ4v) is 5.37. The number of methoxy groups -OCH3 is 1. The van der Waals surface area contributed by atoms with Crippen molar-refractivity contribution in [1.29, 1.82) is 0 Å². The van der Waals surface area contributed by atoms with Crippen molar-refractivity contribution < 1.29 is 13.7 Å². The number of nitrogens with two attached hydrogens (primary N) is 1. The molecule has 2 N–H and O–H groups in total. The molecule has 1 heterocycles. The molecule has 6 heteroatoms. The number of para-hydroxylation sites is 1. The molecule has 0 spiro atoms. The summed E-state index contributed by atoms with van der Waals surface area (Å²) >= 11 is 0. The number of hydrogen-bond acceptors (Lipinski definition) is 5. The number of aromatic nitrogens is 1. The second kappa shape index (κ2) is 11.3. The third-order valence-corrected chi connectivity index (χ3v) is 7.57. The average Bonchev–Trinajstić information content (AvgIpc) is 2.93. The van der Waals surface area contributed by atoms with Gasteiger partial charge in [0.05, 0.1) is 34.9 Å². The lowest BCUT2D eigenvalue weighted by atomic mass is 9.95. The maximum absolute atomic E-state index is 12.5. The molecule has 0 aliphatic rings. The van der Waals surface area contributed by atoms with E-state index >= 15 is 0 Å². The predicted octanol–water partition coefficient (Wildman–Crippen LogP) is 6.27. The molecule has 0 saturated heterocycles. The third-order valence-electron chi connectivity index (χ3n) is 6.24. The van der Waals surface area contributed by atoms with E-state index in [0.717, 1.165) is 49.7 Å². The SMILES string of the molecule is COc1ccccc1Cc1cccc(N)c1-c1ccc2c(OCCS(=O)c3ccccc3)cccc2n1. The maximum Gasteiger partial charge on any atom is 0.128 e. The van der Waals surface area contributed by atoms with Crippen LogP contribution >= 0.6 is 0 Å². The van der Waals surface area contributed by atoms with E-state index in [1.165, 1.54) is 0 Å². The summed E-state index contributed by atoms with van der Waals surface area (Å²) < 4.78 is 24.1. The number of nitrogen functional groups attached to an aromatic ring is 1. The van der Waals surface area contributed by atoms with E-state index in [4.69, 9.17) is 20.2 Å². The standard InChI is InChI=1S/C31H28N2O3S/c1-35-29-15-6-5-9-22(29)21-23-10-7-13-26(32)31(23)28-18-17-25-27(33-28)14-8-16-30(25)36-19-20-37(34)24-11-3-2-4-12-24/h2-18H,19-21,32H2,1H3.